The number of nitrogens with zero attached hydrogens (tertiary/aromatic N) is 2. The lowest BCUT2D eigenvalue weighted by atomic mass is 10.1. The number of carbonyl (C=O) groups is 2. The SMILES string of the molecule is CC(=O)c1c(C)[nH]c(C(=O)N(C)Cc2nc3ccccc3s2)c1C. The molecule has 3 rings (SSSR count). The van der Waals surface area contributed by atoms with Gasteiger partial charge in [-0.15, -0.1) is 11.3 Å². The molecule has 0 aliphatic heterocycles. The molecule has 1 N–H and O–H groups in total. The molecule has 3 aromatic rings. The second kappa shape index (κ2) is 6.20. The van der Waals surface area contributed by atoms with E-state index in [1.807, 2.05) is 31.2 Å². The van der Waals surface area contributed by atoms with E-state index in [9.17, 15) is 9.59 Å². The van der Waals surface area contributed by atoms with Crippen LogP contribution in [0.5, 0.6) is 0 Å². The molecule has 124 valence electrons. The van der Waals surface area contributed by atoms with Gasteiger partial charge in [-0.2, -0.15) is 0 Å². The zero-order chi connectivity index (χ0) is 17.4. The van der Waals surface area contributed by atoms with Crippen molar-refractivity contribution in [2.45, 2.75) is 27.3 Å². The summed E-state index contributed by atoms with van der Waals surface area (Å²) in [5.41, 5.74) is 3.47. The summed E-state index contributed by atoms with van der Waals surface area (Å²) < 4.78 is 1.11. The Balaban J connectivity index is 1.84. The van der Waals surface area contributed by atoms with Gasteiger partial charge in [0.05, 0.1) is 16.8 Å². The minimum atomic E-state index is -0.137. The number of para-hydroxylation sites is 1. The Morgan fingerprint density at radius 2 is 1.96 bits per heavy atom. The average Bonchev–Trinajstić information content (AvgIpc) is 3.06. The van der Waals surface area contributed by atoms with Crippen molar-refractivity contribution in [2.24, 2.45) is 0 Å². The van der Waals surface area contributed by atoms with Gasteiger partial charge in [-0.25, -0.2) is 4.98 Å². The normalized spacial score (nSPS) is 11.0. The number of thiazole rings is 1. The lowest BCUT2D eigenvalue weighted by Crippen LogP contribution is -2.27. The van der Waals surface area contributed by atoms with Gasteiger partial charge in [0.1, 0.15) is 10.7 Å². The van der Waals surface area contributed by atoms with Crippen LogP contribution in [-0.4, -0.2) is 33.6 Å². The highest BCUT2D eigenvalue weighted by atomic mass is 32.1. The number of nitrogens with one attached hydrogen (secondary N) is 1. The van der Waals surface area contributed by atoms with Gasteiger partial charge in [0, 0.05) is 18.3 Å². The largest absolute Gasteiger partial charge is 0.354 e. The molecule has 0 atom stereocenters. The maximum absolute atomic E-state index is 12.7. The summed E-state index contributed by atoms with van der Waals surface area (Å²) in [4.78, 5) is 33.7. The Morgan fingerprint density at radius 1 is 1.25 bits per heavy atom. The molecule has 0 bridgehead atoms. The lowest BCUT2D eigenvalue weighted by Gasteiger charge is -2.15. The third-order valence-electron chi connectivity index (χ3n) is 4.06. The molecule has 5 nitrogen and oxygen atoms in total. The van der Waals surface area contributed by atoms with Gasteiger partial charge in [-0.3, -0.25) is 9.59 Å². The molecule has 24 heavy (non-hydrogen) atoms. The summed E-state index contributed by atoms with van der Waals surface area (Å²) in [5.74, 6) is -0.170. The van der Waals surface area contributed by atoms with Crippen LogP contribution in [0.1, 0.15) is 44.0 Å². The number of aromatic amines is 1. The van der Waals surface area contributed by atoms with Crippen LogP contribution in [0.15, 0.2) is 24.3 Å². The van der Waals surface area contributed by atoms with Gasteiger partial charge in [0.25, 0.3) is 5.91 Å². The number of hydrogen-bond donors (Lipinski definition) is 1. The van der Waals surface area contributed by atoms with E-state index >= 15 is 0 Å². The van der Waals surface area contributed by atoms with E-state index in [-0.39, 0.29) is 11.7 Å². The molecule has 2 heterocycles. The number of benzene rings is 1. The first-order chi connectivity index (χ1) is 11.4. The molecular weight excluding hydrogens is 322 g/mol. The van der Waals surface area contributed by atoms with Gasteiger partial charge >= 0.3 is 0 Å². The van der Waals surface area contributed by atoms with Crippen LogP contribution in [0.3, 0.4) is 0 Å². The van der Waals surface area contributed by atoms with E-state index in [0.717, 1.165) is 20.9 Å². The van der Waals surface area contributed by atoms with E-state index in [4.69, 9.17) is 0 Å². The summed E-state index contributed by atoms with van der Waals surface area (Å²) in [6, 6.07) is 7.92. The van der Waals surface area contributed by atoms with Gasteiger partial charge in [-0.1, -0.05) is 12.1 Å². The van der Waals surface area contributed by atoms with Crippen LogP contribution < -0.4 is 0 Å². The minimum Gasteiger partial charge on any atom is -0.354 e. The summed E-state index contributed by atoms with van der Waals surface area (Å²) in [6.45, 7) is 5.57. The zero-order valence-corrected chi connectivity index (χ0v) is 15.0. The maximum Gasteiger partial charge on any atom is 0.270 e. The quantitative estimate of drug-likeness (QED) is 0.736. The molecule has 2 aromatic heterocycles. The first-order valence-electron chi connectivity index (χ1n) is 7.68. The number of aromatic nitrogens is 2. The van der Waals surface area contributed by atoms with Gasteiger partial charge in [-0.05, 0) is 38.5 Å². The molecule has 0 unspecified atom stereocenters. The fraction of sp³-hybridized carbons (Fsp3) is 0.278. The van der Waals surface area contributed by atoms with Crippen LogP contribution in [0.25, 0.3) is 10.2 Å². The van der Waals surface area contributed by atoms with Crippen LogP contribution >= 0.6 is 11.3 Å². The number of aryl methyl sites for hydroxylation is 1. The van der Waals surface area contributed by atoms with Crippen LogP contribution in [0, 0.1) is 13.8 Å². The van der Waals surface area contributed by atoms with Gasteiger partial charge < -0.3 is 9.88 Å². The predicted octanol–water partition coefficient (Wildman–Crippen LogP) is 3.72. The molecule has 6 heteroatoms. The Kier molecular flexibility index (Phi) is 4.24. The molecule has 0 saturated carbocycles. The molecule has 0 fully saturated rings. The summed E-state index contributed by atoms with van der Waals surface area (Å²) >= 11 is 1.59. The third kappa shape index (κ3) is 2.85. The van der Waals surface area contributed by atoms with E-state index in [1.54, 1.807) is 30.2 Å². The monoisotopic (exact) mass is 341 g/mol. The topological polar surface area (TPSA) is 66.1 Å². The lowest BCUT2D eigenvalue weighted by molar-refractivity contribution is 0.0779. The molecule has 0 aliphatic carbocycles. The molecule has 0 saturated heterocycles. The Morgan fingerprint density at radius 3 is 2.58 bits per heavy atom. The van der Waals surface area contributed by atoms with Crippen molar-refractivity contribution < 1.29 is 9.59 Å². The van der Waals surface area contributed by atoms with Crippen molar-refractivity contribution in [2.75, 3.05) is 7.05 Å². The Bertz CT molecular complexity index is 906. The molecule has 1 amide bonds. The fourth-order valence-electron chi connectivity index (χ4n) is 2.95. The molecule has 0 aliphatic rings. The number of hydrogen-bond acceptors (Lipinski definition) is 4. The van der Waals surface area contributed by atoms with E-state index in [2.05, 4.69) is 9.97 Å². The van der Waals surface area contributed by atoms with Crippen LogP contribution in [0.2, 0.25) is 0 Å². The maximum atomic E-state index is 12.7. The first kappa shape index (κ1) is 16.4. The molecule has 0 spiro atoms. The van der Waals surface area contributed by atoms with Crippen molar-refractivity contribution >= 4 is 33.2 Å². The highest BCUT2D eigenvalue weighted by Crippen LogP contribution is 2.24. The van der Waals surface area contributed by atoms with Crippen molar-refractivity contribution in [1.29, 1.82) is 0 Å². The Labute approximate surface area is 144 Å². The number of rotatable bonds is 4. The minimum absolute atomic E-state index is 0.0332. The number of carbonyl (C=O) groups excluding carboxylic acids is 2. The summed E-state index contributed by atoms with van der Waals surface area (Å²) in [6.07, 6.45) is 0. The Hall–Kier alpha value is -2.47. The molecular formula is C18H19N3O2S. The van der Waals surface area contributed by atoms with Crippen molar-refractivity contribution in [3.63, 3.8) is 0 Å². The number of fused-ring (bicyclic) bond motifs is 1. The fourth-order valence-corrected chi connectivity index (χ4v) is 3.97. The van der Waals surface area contributed by atoms with Crippen molar-refractivity contribution in [3.05, 3.63) is 51.8 Å². The smallest absolute Gasteiger partial charge is 0.270 e. The average molecular weight is 341 g/mol. The van der Waals surface area contributed by atoms with Gasteiger partial charge in [0.15, 0.2) is 5.78 Å². The van der Waals surface area contributed by atoms with Crippen molar-refractivity contribution in [1.82, 2.24) is 14.9 Å². The second-order valence-electron chi connectivity index (χ2n) is 5.92. The van der Waals surface area contributed by atoms with Crippen molar-refractivity contribution in [3.8, 4) is 0 Å². The van der Waals surface area contributed by atoms with Crippen LogP contribution in [-0.2, 0) is 6.54 Å². The standard InChI is InChI=1S/C18H19N3O2S/c1-10-16(12(3)22)11(2)19-17(10)18(23)21(4)9-15-20-13-7-5-6-8-14(13)24-15/h5-8,19H,9H2,1-4H3. The first-order valence-corrected chi connectivity index (χ1v) is 8.50. The van der Waals surface area contributed by atoms with Gasteiger partial charge in [0.2, 0.25) is 0 Å². The third-order valence-corrected chi connectivity index (χ3v) is 5.08. The summed E-state index contributed by atoms with van der Waals surface area (Å²) in [5, 5.41) is 0.889. The zero-order valence-electron chi connectivity index (χ0n) is 14.1. The highest BCUT2D eigenvalue weighted by Gasteiger charge is 2.22. The predicted molar refractivity (Wildman–Crippen MR) is 95.7 cm³/mol. The molecule has 1 aromatic carbocycles. The van der Waals surface area contributed by atoms with Crippen LogP contribution in [0.4, 0.5) is 0 Å². The van der Waals surface area contributed by atoms with E-state index in [1.165, 1.54) is 6.92 Å². The highest BCUT2D eigenvalue weighted by molar-refractivity contribution is 7.18. The number of Topliss-reactive ketones (excluding diaryl/α,β-unsaturated/α-hetero) is 1. The summed E-state index contributed by atoms with van der Waals surface area (Å²) in [7, 11) is 1.75. The van der Waals surface area contributed by atoms with E-state index in [0.29, 0.717) is 23.4 Å². The number of H-pyrrole nitrogens is 1. The number of ketones is 1. The molecule has 0 radical (unpaired) electrons. The number of amides is 1. The van der Waals surface area contributed by atoms with E-state index < -0.39 is 0 Å². The second-order valence-corrected chi connectivity index (χ2v) is 7.03.